The molecule has 3 N–H and O–H groups in total. The van der Waals surface area contributed by atoms with Crippen LogP contribution in [0.2, 0.25) is 0 Å². The number of rotatable bonds is 7. The fourth-order valence-corrected chi connectivity index (χ4v) is 2.64. The van der Waals surface area contributed by atoms with Crippen LogP contribution in [-0.2, 0) is 20.9 Å². The lowest BCUT2D eigenvalue weighted by molar-refractivity contribution is -0.157. The third-order valence-corrected chi connectivity index (χ3v) is 4.06. The summed E-state index contributed by atoms with van der Waals surface area (Å²) < 4.78 is 0. The zero-order chi connectivity index (χ0) is 16.1. The lowest BCUT2D eigenvalue weighted by Crippen LogP contribution is -2.46. The van der Waals surface area contributed by atoms with Crippen LogP contribution in [0.5, 0.6) is 0 Å². The molecule has 1 aliphatic rings. The molecule has 1 aromatic rings. The van der Waals surface area contributed by atoms with Crippen LogP contribution in [0.1, 0.15) is 24.8 Å². The highest BCUT2D eigenvalue weighted by molar-refractivity contribution is 5.86. The van der Waals surface area contributed by atoms with Gasteiger partial charge in [0.15, 0.2) is 0 Å². The maximum atomic E-state index is 12.6. The second kappa shape index (κ2) is 7.06. The Morgan fingerprint density at radius 2 is 1.77 bits per heavy atom. The molecule has 0 heterocycles. The van der Waals surface area contributed by atoms with Crippen molar-refractivity contribution >= 4 is 17.8 Å². The molecule has 2 rings (SSSR count). The molecular weight excluding hydrogens is 284 g/mol. The van der Waals surface area contributed by atoms with Crippen LogP contribution < -0.4 is 5.73 Å². The van der Waals surface area contributed by atoms with Crippen molar-refractivity contribution in [3.8, 4) is 0 Å². The van der Waals surface area contributed by atoms with Crippen LogP contribution in [0.25, 0.3) is 0 Å². The van der Waals surface area contributed by atoms with Gasteiger partial charge in [-0.3, -0.25) is 14.4 Å². The predicted octanol–water partition coefficient (Wildman–Crippen LogP) is 1.00. The third-order valence-electron chi connectivity index (χ3n) is 4.06. The Morgan fingerprint density at radius 1 is 1.14 bits per heavy atom. The number of carbonyl (C=O) groups excluding carboxylic acids is 2. The fourth-order valence-electron chi connectivity index (χ4n) is 2.64. The summed E-state index contributed by atoms with van der Waals surface area (Å²) in [5, 5.41) is 9.10. The Bertz CT molecular complexity index is 559. The summed E-state index contributed by atoms with van der Waals surface area (Å²) in [7, 11) is 0. The molecule has 1 saturated carbocycles. The number of carboxylic acids is 1. The molecule has 1 aromatic carbocycles. The highest BCUT2D eigenvalue weighted by atomic mass is 16.4. The van der Waals surface area contributed by atoms with Gasteiger partial charge in [-0.1, -0.05) is 30.3 Å². The maximum absolute atomic E-state index is 12.6. The number of aliphatic carboxylic acids is 1. The summed E-state index contributed by atoms with van der Waals surface area (Å²) in [5.74, 6) is -2.72. The van der Waals surface area contributed by atoms with Gasteiger partial charge in [-0.15, -0.1) is 0 Å². The van der Waals surface area contributed by atoms with E-state index in [0.29, 0.717) is 19.4 Å². The summed E-state index contributed by atoms with van der Waals surface area (Å²) in [5.41, 5.74) is 6.10. The third kappa shape index (κ3) is 3.84. The number of carboxylic acid groups (broad SMARTS) is 1. The minimum atomic E-state index is -0.931. The van der Waals surface area contributed by atoms with Crippen molar-refractivity contribution in [1.82, 2.24) is 4.90 Å². The second-order valence-electron chi connectivity index (χ2n) is 5.59. The zero-order valence-corrected chi connectivity index (χ0v) is 12.3. The van der Waals surface area contributed by atoms with Gasteiger partial charge >= 0.3 is 5.97 Å². The van der Waals surface area contributed by atoms with E-state index in [4.69, 9.17) is 10.8 Å². The number of amides is 2. The first-order chi connectivity index (χ1) is 10.5. The van der Waals surface area contributed by atoms with E-state index in [2.05, 4.69) is 0 Å². The number of nitrogens with zero attached hydrogens (tertiary/aromatic N) is 1. The Morgan fingerprint density at radius 3 is 2.27 bits per heavy atom. The Labute approximate surface area is 128 Å². The number of hydrogen-bond acceptors (Lipinski definition) is 3. The van der Waals surface area contributed by atoms with Crippen LogP contribution in [0, 0.1) is 11.8 Å². The summed E-state index contributed by atoms with van der Waals surface area (Å²) in [6, 6.07) is 9.40. The molecule has 0 aromatic heterocycles. The largest absolute Gasteiger partial charge is 0.481 e. The quantitative estimate of drug-likeness (QED) is 0.784. The van der Waals surface area contributed by atoms with Crippen molar-refractivity contribution in [3.63, 3.8) is 0 Å². The van der Waals surface area contributed by atoms with E-state index in [1.54, 1.807) is 4.90 Å². The first kappa shape index (κ1) is 16.0. The van der Waals surface area contributed by atoms with E-state index in [0.717, 1.165) is 5.56 Å². The minimum Gasteiger partial charge on any atom is -0.481 e. The molecule has 2 amide bonds. The van der Waals surface area contributed by atoms with Gasteiger partial charge in [0.1, 0.15) is 0 Å². The van der Waals surface area contributed by atoms with Gasteiger partial charge in [0, 0.05) is 19.5 Å². The maximum Gasteiger partial charge on any atom is 0.307 e. The molecule has 6 heteroatoms. The van der Waals surface area contributed by atoms with E-state index < -0.39 is 23.7 Å². The SMILES string of the molecule is NC(=O)CCN(Cc1ccccc1)C(=O)C1CCC1C(=O)O. The van der Waals surface area contributed by atoms with Gasteiger partial charge in [-0.2, -0.15) is 0 Å². The van der Waals surface area contributed by atoms with E-state index in [1.165, 1.54) is 0 Å². The van der Waals surface area contributed by atoms with Gasteiger partial charge < -0.3 is 15.7 Å². The molecule has 22 heavy (non-hydrogen) atoms. The molecule has 118 valence electrons. The molecule has 2 unspecified atom stereocenters. The van der Waals surface area contributed by atoms with E-state index in [1.807, 2.05) is 30.3 Å². The Balaban J connectivity index is 2.07. The highest BCUT2D eigenvalue weighted by Gasteiger charge is 2.43. The monoisotopic (exact) mass is 304 g/mol. The van der Waals surface area contributed by atoms with Crippen LogP contribution in [0.3, 0.4) is 0 Å². The number of primary amides is 1. The topological polar surface area (TPSA) is 101 Å². The minimum absolute atomic E-state index is 0.0725. The summed E-state index contributed by atoms with van der Waals surface area (Å²) in [6.45, 7) is 0.571. The Hall–Kier alpha value is -2.37. The molecule has 0 bridgehead atoms. The van der Waals surface area contributed by atoms with E-state index in [9.17, 15) is 14.4 Å². The summed E-state index contributed by atoms with van der Waals surface area (Å²) in [6.07, 6.45) is 1.18. The van der Waals surface area contributed by atoms with Crippen molar-refractivity contribution in [2.75, 3.05) is 6.54 Å². The molecule has 6 nitrogen and oxygen atoms in total. The van der Waals surface area contributed by atoms with Gasteiger partial charge in [0.2, 0.25) is 11.8 Å². The number of hydrogen-bond donors (Lipinski definition) is 2. The van der Waals surface area contributed by atoms with Gasteiger partial charge in [0.25, 0.3) is 0 Å². The predicted molar refractivity (Wildman–Crippen MR) is 79.5 cm³/mol. The standard InChI is InChI=1S/C16H20N2O4/c17-14(19)8-9-18(10-11-4-2-1-3-5-11)15(20)12-6-7-13(12)16(21)22/h1-5,12-13H,6-10H2,(H2,17,19)(H,21,22). The molecule has 2 atom stereocenters. The Kier molecular flexibility index (Phi) is 5.14. The molecule has 0 spiro atoms. The molecule has 0 aliphatic heterocycles. The van der Waals surface area contributed by atoms with Crippen LogP contribution in [0.15, 0.2) is 30.3 Å². The zero-order valence-electron chi connectivity index (χ0n) is 12.3. The van der Waals surface area contributed by atoms with E-state index in [-0.39, 0.29) is 18.9 Å². The first-order valence-corrected chi connectivity index (χ1v) is 7.33. The van der Waals surface area contributed by atoms with E-state index >= 15 is 0 Å². The molecular formula is C16H20N2O4. The second-order valence-corrected chi connectivity index (χ2v) is 5.59. The molecule has 0 radical (unpaired) electrons. The lowest BCUT2D eigenvalue weighted by atomic mass is 9.73. The average Bonchev–Trinajstić information content (AvgIpc) is 2.42. The highest BCUT2D eigenvalue weighted by Crippen LogP contribution is 2.36. The van der Waals surface area contributed by atoms with Gasteiger partial charge in [0.05, 0.1) is 11.8 Å². The number of nitrogens with two attached hydrogens (primary N) is 1. The summed E-state index contributed by atoms with van der Waals surface area (Å²) in [4.78, 5) is 36.2. The van der Waals surface area contributed by atoms with Gasteiger partial charge in [-0.05, 0) is 18.4 Å². The lowest BCUT2D eigenvalue weighted by Gasteiger charge is -2.36. The fraction of sp³-hybridized carbons (Fsp3) is 0.438. The molecule has 1 fully saturated rings. The number of benzene rings is 1. The van der Waals surface area contributed by atoms with Crippen molar-refractivity contribution in [2.45, 2.75) is 25.8 Å². The summed E-state index contributed by atoms with van der Waals surface area (Å²) >= 11 is 0. The number of carbonyl (C=O) groups is 3. The van der Waals surface area contributed by atoms with Crippen molar-refractivity contribution in [2.24, 2.45) is 17.6 Å². The van der Waals surface area contributed by atoms with Crippen LogP contribution in [-0.4, -0.2) is 34.3 Å². The van der Waals surface area contributed by atoms with Gasteiger partial charge in [-0.25, -0.2) is 0 Å². The normalized spacial score (nSPS) is 20.0. The average molecular weight is 304 g/mol. The van der Waals surface area contributed by atoms with Crippen LogP contribution in [0.4, 0.5) is 0 Å². The smallest absolute Gasteiger partial charge is 0.307 e. The first-order valence-electron chi connectivity index (χ1n) is 7.33. The van der Waals surface area contributed by atoms with Crippen LogP contribution >= 0.6 is 0 Å². The van der Waals surface area contributed by atoms with Crippen molar-refractivity contribution < 1.29 is 19.5 Å². The molecule has 0 saturated heterocycles. The van der Waals surface area contributed by atoms with Crippen molar-refractivity contribution in [3.05, 3.63) is 35.9 Å². The van der Waals surface area contributed by atoms with Crippen molar-refractivity contribution in [1.29, 1.82) is 0 Å². The molecule has 1 aliphatic carbocycles.